The lowest BCUT2D eigenvalue weighted by Crippen LogP contribution is -2.54. The van der Waals surface area contributed by atoms with E-state index in [0.717, 1.165) is 19.4 Å². The molecule has 2 N–H and O–H groups in total. The molecule has 1 saturated heterocycles. The van der Waals surface area contributed by atoms with Crippen molar-refractivity contribution >= 4 is 23.5 Å². The number of aromatic nitrogens is 2. The lowest BCUT2D eigenvalue weighted by molar-refractivity contribution is 0.184. The molecule has 1 aromatic heterocycles. The van der Waals surface area contributed by atoms with Gasteiger partial charge in [-0.2, -0.15) is 5.26 Å². The molecule has 8 heteroatoms. The van der Waals surface area contributed by atoms with Gasteiger partial charge in [0, 0.05) is 12.6 Å². The molecule has 2 rings (SSSR count). The molecule has 0 bridgehead atoms. The number of halogens is 1. The highest BCUT2D eigenvalue weighted by molar-refractivity contribution is 6.30. The number of nitriles is 1. The minimum atomic E-state index is -1.03. The van der Waals surface area contributed by atoms with E-state index in [1.807, 2.05) is 17.9 Å². The zero-order chi connectivity index (χ0) is 14.7. The topological polar surface area (TPSA) is 102 Å². The summed E-state index contributed by atoms with van der Waals surface area (Å²) in [7, 11) is 0. The van der Waals surface area contributed by atoms with Crippen molar-refractivity contribution in [2.24, 2.45) is 0 Å². The second-order valence-electron chi connectivity index (χ2n) is 4.61. The Kier molecular flexibility index (Phi) is 4.25. The lowest BCUT2D eigenvalue weighted by atomic mass is 9.97. The van der Waals surface area contributed by atoms with E-state index in [1.54, 1.807) is 0 Å². The summed E-state index contributed by atoms with van der Waals surface area (Å²) in [5.41, 5.74) is 0.0836. The van der Waals surface area contributed by atoms with E-state index < -0.39 is 6.09 Å². The molecule has 2 heterocycles. The van der Waals surface area contributed by atoms with Crippen molar-refractivity contribution in [3.05, 3.63) is 17.0 Å². The Bertz CT molecular complexity index is 559. The number of hydrogen-bond donors (Lipinski definition) is 2. The smallest absolute Gasteiger partial charge is 0.404 e. The van der Waals surface area contributed by atoms with Crippen molar-refractivity contribution in [2.75, 3.05) is 11.4 Å². The Labute approximate surface area is 121 Å². The van der Waals surface area contributed by atoms with E-state index >= 15 is 0 Å². The third-order valence-electron chi connectivity index (χ3n) is 3.41. The van der Waals surface area contributed by atoms with Gasteiger partial charge in [-0.25, -0.2) is 14.8 Å². The second kappa shape index (κ2) is 5.92. The second-order valence-corrected chi connectivity index (χ2v) is 4.97. The molecule has 1 aliphatic rings. The number of carbonyl (C=O) groups is 1. The van der Waals surface area contributed by atoms with E-state index in [0.29, 0.717) is 5.82 Å². The Morgan fingerprint density at radius 2 is 2.45 bits per heavy atom. The first kappa shape index (κ1) is 14.3. The Balaban J connectivity index is 2.21. The summed E-state index contributed by atoms with van der Waals surface area (Å²) in [5, 5.41) is 20.2. The standard InChI is InChI=1S/C12H14ClN5O2/c1-7-8(16-12(19)20)3-2-4-18(7)10-6-15-9(5-14)11(13)17-10/h6-8,16H,2-4H2,1H3,(H,19,20)/t7-,8-/m1/s1. The molecule has 1 amide bonds. The zero-order valence-electron chi connectivity index (χ0n) is 10.9. The van der Waals surface area contributed by atoms with Gasteiger partial charge in [0.2, 0.25) is 0 Å². The molecule has 1 fully saturated rings. The Hall–Kier alpha value is -2.07. The molecule has 0 saturated carbocycles. The summed E-state index contributed by atoms with van der Waals surface area (Å²) in [5.74, 6) is 0.554. The van der Waals surface area contributed by atoms with Crippen LogP contribution < -0.4 is 10.2 Å². The number of nitrogens with zero attached hydrogens (tertiary/aromatic N) is 4. The summed E-state index contributed by atoms with van der Waals surface area (Å²) < 4.78 is 0. The van der Waals surface area contributed by atoms with Crippen LogP contribution in [0.15, 0.2) is 6.20 Å². The molecule has 1 aliphatic heterocycles. The quantitative estimate of drug-likeness (QED) is 0.859. The zero-order valence-corrected chi connectivity index (χ0v) is 11.6. The van der Waals surface area contributed by atoms with E-state index in [4.69, 9.17) is 22.0 Å². The first-order valence-electron chi connectivity index (χ1n) is 6.21. The van der Waals surface area contributed by atoms with Crippen molar-refractivity contribution in [1.82, 2.24) is 15.3 Å². The fourth-order valence-electron chi connectivity index (χ4n) is 2.39. The van der Waals surface area contributed by atoms with Crippen LogP contribution in [0.1, 0.15) is 25.5 Å². The van der Waals surface area contributed by atoms with Crippen LogP contribution in [0, 0.1) is 11.3 Å². The highest BCUT2D eigenvalue weighted by Gasteiger charge is 2.30. The summed E-state index contributed by atoms with van der Waals surface area (Å²) in [6, 6.07) is 1.63. The molecule has 106 valence electrons. The third-order valence-corrected chi connectivity index (χ3v) is 3.68. The highest BCUT2D eigenvalue weighted by Crippen LogP contribution is 2.24. The maximum absolute atomic E-state index is 10.8. The van der Waals surface area contributed by atoms with Gasteiger partial charge in [0.15, 0.2) is 10.8 Å². The minimum Gasteiger partial charge on any atom is -0.465 e. The molecule has 20 heavy (non-hydrogen) atoms. The fourth-order valence-corrected chi connectivity index (χ4v) is 2.57. The van der Waals surface area contributed by atoms with Gasteiger partial charge >= 0.3 is 6.09 Å². The summed E-state index contributed by atoms with van der Waals surface area (Å²) in [6.45, 7) is 2.67. The Morgan fingerprint density at radius 3 is 3.05 bits per heavy atom. The van der Waals surface area contributed by atoms with Crippen LogP contribution in [0.5, 0.6) is 0 Å². The molecule has 0 spiro atoms. The normalized spacial score (nSPS) is 22.1. The predicted molar refractivity (Wildman–Crippen MR) is 72.7 cm³/mol. The van der Waals surface area contributed by atoms with E-state index in [1.165, 1.54) is 6.20 Å². The van der Waals surface area contributed by atoms with Gasteiger partial charge in [0.1, 0.15) is 11.9 Å². The van der Waals surface area contributed by atoms with Crippen molar-refractivity contribution in [3.63, 3.8) is 0 Å². The predicted octanol–water partition coefficient (Wildman–Crippen LogP) is 1.63. The number of hydrogen-bond acceptors (Lipinski definition) is 5. The van der Waals surface area contributed by atoms with Crippen LogP contribution in [0.25, 0.3) is 0 Å². The van der Waals surface area contributed by atoms with E-state index in [2.05, 4.69) is 15.3 Å². The molecule has 0 aromatic carbocycles. The van der Waals surface area contributed by atoms with E-state index in [9.17, 15) is 4.79 Å². The Morgan fingerprint density at radius 1 is 1.70 bits per heavy atom. The lowest BCUT2D eigenvalue weighted by Gasteiger charge is -2.39. The molecular formula is C12H14ClN5O2. The summed E-state index contributed by atoms with van der Waals surface area (Å²) >= 11 is 5.88. The third kappa shape index (κ3) is 2.91. The van der Waals surface area contributed by atoms with Gasteiger partial charge in [-0.1, -0.05) is 11.6 Å². The summed E-state index contributed by atoms with van der Waals surface area (Å²) in [6.07, 6.45) is 2.08. The molecule has 0 aliphatic carbocycles. The first-order chi connectivity index (χ1) is 9.52. The average Bonchev–Trinajstić information content (AvgIpc) is 2.40. The number of piperidine rings is 1. The number of nitrogens with one attached hydrogen (secondary N) is 1. The maximum atomic E-state index is 10.8. The van der Waals surface area contributed by atoms with Crippen molar-refractivity contribution in [3.8, 4) is 6.07 Å². The number of amides is 1. The van der Waals surface area contributed by atoms with Gasteiger partial charge in [0.05, 0.1) is 12.2 Å². The summed E-state index contributed by atoms with van der Waals surface area (Å²) in [4.78, 5) is 20.8. The largest absolute Gasteiger partial charge is 0.465 e. The minimum absolute atomic E-state index is 0.0573. The highest BCUT2D eigenvalue weighted by atomic mass is 35.5. The van der Waals surface area contributed by atoms with Crippen molar-refractivity contribution < 1.29 is 9.90 Å². The van der Waals surface area contributed by atoms with Crippen LogP contribution in [-0.2, 0) is 0 Å². The molecule has 7 nitrogen and oxygen atoms in total. The van der Waals surface area contributed by atoms with Crippen LogP contribution >= 0.6 is 11.6 Å². The SMILES string of the molecule is C[C@@H]1[C@H](NC(=O)O)CCCN1c1cnc(C#N)c(Cl)n1. The van der Waals surface area contributed by atoms with Crippen LogP contribution in [0.2, 0.25) is 5.15 Å². The van der Waals surface area contributed by atoms with E-state index in [-0.39, 0.29) is 22.9 Å². The molecule has 0 unspecified atom stereocenters. The van der Waals surface area contributed by atoms with Gasteiger partial charge in [0.25, 0.3) is 0 Å². The van der Waals surface area contributed by atoms with Crippen LogP contribution in [-0.4, -0.2) is 39.8 Å². The fraction of sp³-hybridized carbons (Fsp3) is 0.500. The monoisotopic (exact) mass is 295 g/mol. The van der Waals surface area contributed by atoms with Crippen molar-refractivity contribution in [1.29, 1.82) is 5.26 Å². The average molecular weight is 296 g/mol. The van der Waals surface area contributed by atoms with Crippen LogP contribution in [0.3, 0.4) is 0 Å². The molecule has 1 aromatic rings. The van der Waals surface area contributed by atoms with Gasteiger partial charge in [-0.05, 0) is 19.8 Å². The molecule has 2 atom stereocenters. The number of carboxylic acid groups (broad SMARTS) is 1. The van der Waals surface area contributed by atoms with Crippen molar-refractivity contribution in [2.45, 2.75) is 31.8 Å². The number of rotatable bonds is 2. The van der Waals surface area contributed by atoms with Gasteiger partial charge < -0.3 is 15.3 Å². The van der Waals surface area contributed by atoms with Crippen LogP contribution in [0.4, 0.5) is 10.6 Å². The first-order valence-corrected chi connectivity index (χ1v) is 6.59. The van der Waals surface area contributed by atoms with Gasteiger partial charge in [-0.15, -0.1) is 0 Å². The molecular weight excluding hydrogens is 282 g/mol. The molecule has 0 radical (unpaired) electrons. The van der Waals surface area contributed by atoms with Gasteiger partial charge in [-0.3, -0.25) is 0 Å². The number of anilines is 1. The maximum Gasteiger partial charge on any atom is 0.404 e.